The minimum atomic E-state index is -0.764. The van der Waals surface area contributed by atoms with Crippen LogP contribution in [0.15, 0.2) is 170 Å². The van der Waals surface area contributed by atoms with Crippen molar-refractivity contribution in [2.75, 3.05) is 21.3 Å². The lowest BCUT2D eigenvalue weighted by atomic mass is 9.62. The molecular formula is C52H44N4O2. The molecule has 0 saturated heterocycles. The van der Waals surface area contributed by atoms with Crippen LogP contribution in [-0.2, 0) is 11.3 Å². The van der Waals surface area contributed by atoms with Crippen molar-refractivity contribution in [2.45, 2.75) is 49.2 Å². The number of anilines is 4. The minimum Gasteiger partial charge on any atom is -0.392 e. The highest BCUT2D eigenvalue weighted by Crippen LogP contribution is 2.54. The van der Waals surface area contributed by atoms with E-state index in [9.17, 15) is 10.2 Å². The van der Waals surface area contributed by atoms with Gasteiger partial charge in [-0.1, -0.05) is 146 Å². The number of hydrogen-bond acceptors (Lipinski definition) is 6. The van der Waals surface area contributed by atoms with E-state index in [2.05, 4.69) is 193 Å². The second-order valence-corrected chi connectivity index (χ2v) is 16.5. The molecule has 0 bridgehead atoms. The van der Waals surface area contributed by atoms with Gasteiger partial charge >= 0.3 is 0 Å². The SMILES string of the molecule is CC1(c2ccc(-c3ccccc3)cc2)Nc2cccc3c(C4C(O)C(c5ccc6c7c(cccc57)NC(C)(c5ccc(-c7ccccc7)cc5)N6)C4O)ccc(c23)N1. The molecule has 2 unspecified atom stereocenters. The first-order valence-electron chi connectivity index (χ1n) is 20.2. The summed E-state index contributed by atoms with van der Waals surface area (Å²) in [5, 5.41) is 43.4. The maximum atomic E-state index is 12.0. The van der Waals surface area contributed by atoms with Crippen LogP contribution in [0.4, 0.5) is 22.7 Å². The fourth-order valence-corrected chi connectivity index (χ4v) is 9.98. The number of benzene rings is 8. The molecule has 6 heteroatoms. The van der Waals surface area contributed by atoms with Crippen molar-refractivity contribution >= 4 is 44.3 Å². The maximum absolute atomic E-state index is 12.0. The van der Waals surface area contributed by atoms with Gasteiger partial charge in [0.2, 0.25) is 0 Å². The first kappa shape index (κ1) is 34.6. The van der Waals surface area contributed by atoms with Gasteiger partial charge < -0.3 is 31.5 Å². The van der Waals surface area contributed by atoms with E-state index in [0.717, 1.165) is 66.5 Å². The Balaban J connectivity index is 0.867. The molecule has 0 amide bonds. The van der Waals surface area contributed by atoms with Crippen molar-refractivity contribution in [2.24, 2.45) is 0 Å². The summed E-state index contributed by atoms with van der Waals surface area (Å²) in [7, 11) is 0. The monoisotopic (exact) mass is 756 g/mol. The highest BCUT2D eigenvalue weighted by molar-refractivity contribution is 6.08. The van der Waals surface area contributed by atoms with Crippen LogP contribution >= 0.6 is 0 Å². The minimum absolute atomic E-state index is 0.433. The summed E-state index contributed by atoms with van der Waals surface area (Å²) in [4.78, 5) is 0. The number of hydrogen-bond donors (Lipinski definition) is 6. The highest BCUT2D eigenvalue weighted by atomic mass is 16.3. The van der Waals surface area contributed by atoms with Crippen LogP contribution in [0.1, 0.15) is 47.9 Å². The number of aliphatic hydroxyl groups excluding tert-OH is 2. The van der Waals surface area contributed by atoms with Crippen molar-refractivity contribution in [3.8, 4) is 22.3 Å². The lowest BCUT2D eigenvalue weighted by Gasteiger charge is -2.48. The molecule has 284 valence electrons. The molecule has 8 aromatic rings. The van der Waals surface area contributed by atoms with E-state index in [-0.39, 0.29) is 0 Å². The fraction of sp³-hybridized carbons (Fsp3) is 0.154. The van der Waals surface area contributed by atoms with E-state index in [4.69, 9.17) is 0 Å². The summed E-state index contributed by atoms with van der Waals surface area (Å²) in [5.41, 5.74) is 11.9. The number of aliphatic hydroxyl groups is 2. The van der Waals surface area contributed by atoms with E-state index >= 15 is 0 Å². The Morgan fingerprint density at radius 2 is 0.707 bits per heavy atom. The van der Waals surface area contributed by atoms with Crippen LogP contribution in [0.5, 0.6) is 0 Å². The Labute approximate surface area is 338 Å². The van der Waals surface area contributed by atoms with Gasteiger partial charge in [0, 0.05) is 45.4 Å². The van der Waals surface area contributed by atoms with E-state index in [1.54, 1.807) is 0 Å². The molecule has 6 N–H and O–H groups in total. The number of rotatable bonds is 6. The highest BCUT2D eigenvalue weighted by Gasteiger charge is 2.52. The molecular weight excluding hydrogens is 713 g/mol. The van der Waals surface area contributed by atoms with Gasteiger partial charge in [-0.25, -0.2) is 0 Å². The Bertz CT molecular complexity index is 2630. The van der Waals surface area contributed by atoms with Gasteiger partial charge in [-0.3, -0.25) is 0 Å². The zero-order chi connectivity index (χ0) is 39.2. The van der Waals surface area contributed by atoms with Gasteiger partial charge in [0.15, 0.2) is 0 Å². The van der Waals surface area contributed by atoms with Crippen LogP contribution in [-0.4, -0.2) is 22.4 Å². The average Bonchev–Trinajstić information content (AvgIpc) is 3.26. The molecule has 58 heavy (non-hydrogen) atoms. The predicted octanol–water partition coefficient (Wildman–Crippen LogP) is 11.4. The van der Waals surface area contributed by atoms with Crippen LogP contribution in [0, 0.1) is 0 Å². The first-order valence-corrected chi connectivity index (χ1v) is 20.2. The standard InChI is InChI=1S/C52H44N4O2/c1-51(35-23-19-33(20-24-35)31-11-5-3-6-12-31)53-41-17-9-15-37-39(27-29-43(55-51)45(37)41)47-49(57)48(50(47)58)40-28-30-44-46-38(40)16-10-18-42(46)54-52(2,56-44)36-25-21-34(22-26-36)32-13-7-4-8-14-32/h3-30,47-50,53-58H,1-2H3. The molecule has 2 atom stereocenters. The zero-order valence-corrected chi connectivity index (χ0v) is 32.4. The number of nitrogens with one attached hydrogen (secondary N) is 4. The van der Waals surface area contributed by atoms with Crippen molar-refractivity contribution in [3.05, 3.63) is 192 Å². The quantitative estimate of drug-likeness (QED) is 0.101. The summed E-state index contributed by atoms with van der Waals surface area (Å²) in [5.74, 6) is -0.866. The largest absolute Gasteiger partial charge is 0.392 e. The topological polar surface area (TPSA) is 88.6 Å². The van der Waals surface area contributed by atoms with Gasteiger partial charge in [0.1, 0.15) is 11.3 Å². The molecule has 1 fully saturated rings. The third kappa shape index (κ3) is 5.33. The van der Waals surface area contributed by atoms with E-state index in [0.29, 0.717) is 0 Å². The predicted molar refractivity (Wildman–Crippen MR) is 238 cm³/mol. The van der Waals surface area contributed by atoms with Crippen molar-refractivity contribution < 1.29 is 10.2 Å². The molecule has 1 saturated carbocycles. The molecule has 11 rings (SSSR count). The molecule has 1 aliphatic carbocycles. The summed E-state index contributed by atoms with van der Waals surface area (Å²) in [6.07, 6.45) is -1.53. The van der Waals surface area contributed by atoms with Crippen LogP contribution in [0.2, 0.25) is 0 Å². The average molecular weight is 757 g/mol. The summed E-state index contributed by atoms with van der Waals surface area (Å²) < 4.78 is 0. The van der Waals surface area contributed by atoms with Crippen molar-refractivity contribution in [1.82, 2.24) is 0 Å². The van der Waals surface area contributed by atoms with Gasteiger partial charge in [-0.2, -0.15) is 0 Å². The second-order valence-electron chi connectivity index (χ2n) is 16.5. The molecule has 3 aliphatic rings. The van der Waals surface area contributed by atoms with Gasteiger partial charge in [-0.05, 0) is 93.4 Å². The second kappa shape index (κ2) is 13.0. The molecule has 8 aromatic carbocycles. The Hall–Kier alpha value is -6.60. The lowest BCUT2D eigenvalue weighted by molar-refractivity contribution is -0.0775. The summed E-state index contributed by atoms with van der Waals surface area (Å²) >= 11 is 0. The summed E-state index contributed by atoms with van der Waals surface area (Å²) in [6, 6.07) is 59.2. The third-order valence-electron chi connectivity index (χ3n) is 13.0. The van der Waals surface area contributed by atoms with Crippen molar-refractivity contribution in [3.63, 3.8) is 0 Å². The smallest absolute Gasteiger partial charge is 0.131 e. The molecule has 2 heterocycles. The molecule has 6 nitrogen and oxygen atoms in total. The molecule has 0 spiro atoms. The van der Waals surface area contributed by atoms with Crippen LogP contribution in [0.25, 0.3) is 43.8 Å². The van der Waals surface area contributed by atoms with E-state index in [1.807, 2.05) is 12.1 Å². The van der Waals surface area contributed by atoms with Gasteiger partial charge in [0.25, 0.3) is 0 Å². The lowest BCUT2D eigenvalue weighted by Crippen LogP contribution is -2.52. The Kier molecular flexibility index (Phi) is 7.74. The maximum Gasteiger partial charge on any atom is 0.131 e. The van der Waals surface area contributed by atoms with E-state index in [1.165, 1.54) is 22.3 Å². The summed E-state index contributed by atoms with van der Waals surface area (Å²) in [6.45, 7) is 4.33. The van der Waals surface area contributed by atoms with Crippen LogP contribution in [0.3, 0.4) is 0 Å². The molecule has 0 aromatic heterocycles. The van der Waals surface area contributed by atoms with Crippen molar-refractivity contribution in [1.29, 1.82) is 0 Å². The molecule has 2 aliphatic heterocycles. The zero-order valence-electron chi connectivity index (χ0n) is 32.4. The van der Waals surface area contributed by atoms with Crippen LogP contribution < -0.4 is 21.3 Å². The Morgan fingerprint density at radius 1 is 0.362 bits per heavy atom. The van der Waals surface area contributed by atoms with E-state index < -0.39 is 35.4 Å². The van der Waals surface area contributed by atoms with Gasteiger partial charge in [-0.15, -0.1) is 0 Å². The fourth-order valence-electron chi connectivity index (χ4n) is 9.98. The van der Waals surface area contributed by atoms with Gasteiger partial charge in [0.05, 0.1) is 12.2 Å². The first-order chi connectivity index (χ1) is 28.3. The Morgan fingerprint density at radius 3 is 1.09 bits per heavy atom. The molecule has 0 radical (unpaired) electrons. The third-order valence-corrected chi connectivity index (χ3v) is 13.0. The normalized spacial score (nSPS) is 24.2.